The Balaban J connectivity index is 1.73. The zero-order valence-electron chi connectivity index (χ0n) is 19.7. The fourth-order valence-electron chi connectivity index (χ4n) is 3.36. The topological polar surface area (TPSA) is 90.7 Å². The molecule has 0 spiro atoms. The summed E-state index contributed by atoms with van der Waals surface area (Å²) in [6.07, 6.45) is -0.187. The van der Waals surface area contributed by atoms with Crippen molar-refractivity contribution in [1.82, 2.24) is 10.5 Å². The van der Waals surface area contributed by atoms with E-state index in [1.807, 2.05) is 45.0 Å². The number of nitrogens with zero attached hydrogens (tertiary/aromatic N) is 1. The molecule has 7 heteroatoms. The van der Waals surface area contributed by atoms with Crippen molar-refractivity contribution in [2.24, 2.45) is 0 Å². The Kier molecular flexibility index (Phi) is 7.87. The predicted octanol–water partition coefficient (Wildman–Crippen LogP) is 4.99. The van der Waals surface area contributed by atoms with Gasteiger partial charge in [-0.25, -0.2) is 0 Å². The molecule has 0 aliphatic rings. The van der Waals surface area contributed by atoms with Gasteiger partial charge in [-0.1, -0.05) is 41.1 Å². The van der Waals surface area contributed by atoms with Gasteiger partial charge in [-0.05, 0) is 58.4 Å². The van der Waals surface area contributed by atoms with Gasteiger partial charge in [0.25, 0.3) is 5.91 Å². The standard InChI is InChI=1S/C26H30N2O5/c1-16(2)32-25(29)14-24(20-11-9-17(3)10-12-20)27-26(30)21-7-6-8-22(13-21)31-15-23-18(4)28-33-19(23)5/h6-13,16,24H,14-15H2,1-5H3,(H,27,30). The molecule has 1 unspecified atom stereocenters. The van der Waals surface area contributed by atoms with Gasteiger partial charge in [0, 0.05) is 5.56 Å². The van der Waals surface area contributed by atoms with Crippen LogP contribution < -0.4 is 10.1 Å². The van der Waals surface area contributed by atoms with Crippen LogP contribution in [0.5, 0.6) is 5.75 Å². The molecule has 3 aromatic rings. The Hall–Kier alpha value is -3.61. The van der Waals surface area contributed by atoms with Gasteiger partial charge in [-0.2, -0.15) is 0 Å². The Labute approximate surface area is 194 Å². The maximum Gasteiger partial charge on any atom is 0.308 e. The molecule has 0 fully saturated rings. The van der Waals surface area contributed by atoms with E-state index < -0.39 is 6.04 Å². The molecule has 0 aliphatic carbocycles. The van der Waals surface area contributed by atoms with E-state index in [1.165, 1.54) is 0 Å². The van der Waals surface area contributed by atoms with Crippen LogP contribution in [0.15, 0.2) is 53.1 Å². The van der Waals surface area contributed by atoms with E-state index in [1.54, 1.807) is 38.1 Å². The first-order valence-electron chi connectivity index (χ1n) is 10.9. The van der Waals surface area contributed by atoms with Gasteiger partial charge in [0.1, 0.15) is 18.1 Å². The lowest BCUT2D eigenvalue weighted by Gasteiger charge is -2.20. The molecule has 1 heterocycles. The molecule has 1 atom stereocenters. The molecule has 1 amide bonds. The van der Waals surface area contributed by atoms with Gasteiger partial charge >= 0.3 is 5.97 Å². The van der Waals surface area contributed by atoms with Crippen LogP contribution in [0, 0.1) is 20.8 Å². The highest BCUT2D eigenvalue weighted by atomic mass is 16.5. The minimum absolute atomic E-state index is 0.0369. The average molecular weight is 451 g/mol. The number of hydrogen-bond acceptors (Lipinski definition) is 6. The third-order valence-electron chi connectivity index (χ3n) is 5.18. The molecule has 1 N–H and O–H groups in total. The molecule has 1 aromatic heterocycles. The molecular formula is C26H30N2O5. The van der Waals surface area contributed by atoms with E-state index in [-0.39, 0.29) is 24.4 Å². The smallest absolute Gasteiger partial charge is 0.308 e. The second-order valence-electron chi connectivity index (χ2n) is 8.30. The average Bonchev–Trinajstić information content (AvgIpc) is 3.09. The highest BCUT2D eigenvalue weighted by Crippen LogP contribution is 2.22. The van der Waals surface area contributed by atoms with Gasteiger partial charge < -0.3 is 19.3 Å². The maximum atomic E-state index is 13.0. The van der Waals surface area contributed by atoms with Crippen molar-refractivity contribution < 1.29 is 23.6 Å². The van der Waals surface area contributed by atoms with Crippen molar-refractivity contribution in [3.63, 3.8) is 0 Å². The second-order valence-corrected chi connectivity index (χ2v) is 8.30. The van der Waals surface area contributed by atoms with Gasteiger partial charge in [-0.3, -0.25) is 9.59 Å². The molecular weight excluding hydrogens is 420 g/mol. The maximum absolute atomic E-state index is 13.0. The van der Waals surface area contributed by atoms with Crippen LogP contribution >= 0.6 is 0 Å². The van der Waals surface area contributed by atoms with Gasteiger partial charge in [-0.15, -0.1) is 0 Å². The number of aromatic nitrogens is 1. The summed E-state index contributed by atoms with van der Waals surface area (Å²) in [4.78, 5) is 25.4. The van der Waals surface area contributed by atoms with E-state index in [0.717, 1.165) is 22.4 Å². The predicted molar refractivity (Wildman–Crippen MR) is 124 cm³/mol. The first-order chi connectivity index (χ1) is 15.7. The summed E-state index contributed by atoms with van der Waals surface area (Å²) in [5, 5.41) is 6.89. The van der Waals surface area contributed by atoms with Crippen LogP contribution in [0.25, 0.3) is 0 Å². The SMILES string of the molecule is Cc1ccc(C(CC(=O)OC(C)C)NC(=O)c2cccc(OCc3c(C)noc3C)c2)cc1. The largest absolute Gasteiger partial charge is 0.489 e. The minimum atomic E-state index is -0.517. The second kappa shape index (κ2) is 10.8. The van der Waals surface area contributed by atoms with Crippen molar-refractivity contribution in [3.05, 3.63) is 82.2 Å². The number of carbonyl (C=O) groups excluding carboxylic acids is 2. The molecule has 0 aliphatic heterocycles. The number of rotatable bonds is 9. The summed E-state index contributed by atoms with van der Waals surface area (Å²) in [5.41, 5.74) is 4.02. The van der Waals surface area contributed by atoms with Crippen LogP contribution in [0.4, 0.5) is 0 Å². The van der Waals surface area contributed by atoms with Crippen molar-refractivity contribution in [1.29, 1.82) is 0 Å². The third-order valence-corrected chi connectivity index (χ3v) is 5.18. The van der Waals surface area contributed by atoms with Gasteiger partial charge in [0.15, 0.2) is 0 Å². The molecule has 3 rings (SSSR count). The van der Waals surface area contributed by atoms with E-state index in [9.17, 15) is 9.59 Å². The molecule has 33 heavy (non-hydrogen) atoms. The van der Waals surface area contributed by atoms with E-state index in [4.69, 9.17) is 14.0 Å². The monoisotopic (exact) mass is 450 g/mol. The molecule has 0 radical (unpaired) electrons. The van der Waals surface area contributed by atoms with Crippen molar-refractivity contribution in [2.75, 3.05) is 0 Å². The van der Waals surface area contributed by atoms with Crippen LogP contribution in [0.1, 0.15) is 64.8 Å². The third kappa shape index (κ3) is 6.68. The van der Waals surface area contributed by atoms with Crippen LogP contribution in [-0.4, -0.2) is 23.1 Å². The number of nitrogens with one attached hydrogen (secondary N) is 1. The first-order valence-corrected chi connectivity index (χ1v) is 10.9. The fraction of sp³-hybridized carbons (Fsp3) is 0.346. The summed E-state index contributed by atoms with van der Waals surface area (Å²) in [5.74, 6) is 0.581. The van der Waals surface area contributed by atoms with Gasteiger partial charge in [0.05, 0.1) is 29.8 Å². The number of carbonyl (C=O) groups is 2. The Bertz CT molecular complexity index is 1080. The number of ether oxygens (including phenoxy) is 2. The zero-order valence-corrected chi connectivity index (χ0v) is 19.7. The highest BCUT2D eigenvalue weighted by Gasteiger charge is 2.21. The Morgan fingerprint density at radius 2 is 1.79 bits per heavy atom. The minimum Gasteiger partial charge on any atom is -0.489 e. The van der Waals surface area contributed by atoms with E-state index >= 15 is 0 Å². The lowest BCUT2D eigenvalue weighted by atomic mass is 10.0. The normalized spacial score (nSPS) is 11.8. The number of aryl methyl sites for hydroxylation is 3. The number of benzene rings is 2. The first kappa shape index (κ1) is 24.0. The molecule has 0 bridgehead atoms. The van der Waals surface area contributed by atoms with E-state index in [0.29, 0.717) is 23.7 Å². The molecule has 2 aromatic carbocycles. The van der Waals surface area contributed by atoms with E-state index in [2.05, 4.69) is 10.5 Å². The summed E-state index contributed by atoms with van der Waals surface area (Å²) < 4.78 is 16.3. The summed E-state index contributed by atoms with van der Waals surface area (Å²) in [7, 11) is 0. The molecule has 0 saturated carbocycles. The zero-order chi connectivity index (χ0) is 24.0. The number of hydrogen-bond donors (Lipinski definition) is 1. The van der Waals surface area contributed by atoms with Crippen LogP contribution in [0.3, 0.4) is 0 Å². The Morgan fingerprint density at radius 1 is 1.06 bits per heavy atom. The van der Waals surface area contributed by atoms with Gasteiger partial charge in [0.2, 0.25) is 0 Å². The lowest BCUT2D eigenvalue weighted by molar-refractivity contribution is -0.147. The van der Waals surface area contributed by atoms with Crippen LogP contribution in [0.2, 0.25) is 0 Å². The molecule has 174 valence electrons. The Morgan fingerprint density at radius 3 is 2.42 bits per heavy atom. The van der Waals surface area contributed by atoms with Crippen LogP contribution in [-0.2, 0) is 16.1 Å². The molecule has 0 saturated heterocycles. The summed E-state index contributed by atoms with van der Waals surface area (Å²) in [6.45, 7) is 9.56. The quantitative estimate of drug-likeness (QED) is 0.462. The van der Waals surface area contributed by atoms with Crippen molar-refractivity contribution in [3.8, 4) is 5.75 Å². The van der Waals surface area contributed by atoms with Crippen molar-refractivity contribution in [2.45, 2.75) is 59.8 Å². The fourth-order valence-corrected chi connectivity index (χ4v) is 3.36. The number of esters is 1. The molecule has 7 nitrogen and oxygen atoms in total. The summed E-state index contributed by atoms with van der Waals surface area (Å²) in [6, 6.07) is 14.1. The van der Waals surface area contributed by atoms with Crippen molar-refractivity contribution >= 4 is 11.9 Å². The summed E-state index contributed by atoms with van der Waals surface area (Å²) >= 11 is 0. The number of amides is 1. The lowest BCUT2D eigenvalue weighted by Crippen LogP contribution is -2.31. The highest BCUT2D eigenvalue weighted by molar-refractivity contribution is 5.95.